The SMILES string of the molecule is CN(C)n1c(SCC(=O)O)nc2ccc(Br)cc21. The van der Waals surface area contributed by atoms with Gasteiger partial charge in [-0.15, -0.1) is 0 Å². The highest BCUT2D eigenvalue weighted by Gasteiger charge is 2.14. The Morgan fingerprint density at radius 3 is 2.89 bits per heavy atom. The lowest BCUT2D eigenvalue weighted by molar-refractivity contribution is -0.133. The van der Waals surface area contributed by atoms with Crippen LogP contribution in [0.2, 0.25) is 0 Å². The van der Waals surface area contributed by atoms with Gasteiger partial charge in [0.25, 0.3) is 0 Å². The lowest BCUT2D eigenvalue weighted by atomic mass is 10.3. The van der Waals surface area contributed by atoms with E-state index in [2.05, 4.69) is 20.9 Å². The monoisotopic (exact) mass is 329 g/mol. The van der Waals surface area contributed by atoms with Crippen LogP contribution in [0.3, 0.4) is 0 Å². The predicted octanol–water partition coefficient (Wildman–Crippen LogP) is 2.17. The molecule has 0 unspecified atom stereocenters. The maximum absolute atomic E-state index is 10.6. The van der Waals surface area contributed by atoms with Gasteiger partial charge in [0, 0.05) is 18.6 Å². The zero-order valence-corrected chi connectivity index (χ0v) is 12.3. The minimum Gasteiger partial charge on any atom is -0.481 e. The van der Waals surface area contributed by atoms with Gasteiger partial charge in [-0.2, -0.15) is 0 Å². The summed E-state index contributed by atoms with van der Waals surface area (Å²) in [5.41, 5.74) is 1.79. The molecule has 0 aliphatic carbocycles. The summed E-state index contributed by atoms with van der Waals surface area (Å²) in [5, 5.41) is 11.3. The number of aromatic nitrogens is 2. The normalized spacial score (nSPS) is 10.8. The molecule has 1 aromatic carbocycles. The van der Waals surface area contributed by atoms with Gasteiger partial charge in [-0.1, -0.05) is 27.7 Å². The first-order valence-corrected chi connectivity index (χ1v) is 6.97. The van der Waals surface area contributed by atoms with Gasteiger partial charge < -0.3 is 10.1 Å². The molecule has 7 heteroatoms. The van der Waals surface area contributed by atoms with Crippen LogP contribution in [-0.2, 0) is 4.79 Å². The van der Waals surface area contributed by atoms with Gasteiger partial charge in [0.15, 0.2) is 5.16 Å². The van der Waals surface area contributed by atoms with Crippen LogP contribution in [0.1, 0.15) is 0 Å². The molecule has 0 saturated heterocycles. The number of thioether (sulfide) groups is 1. The standard InChI is InChI=1S/C11H12BrN3O2S/c1-14(2)15-9-5-7(12)3-4-8(9)13-11(15)18-6-10(16)17/h3-5H,6H2,1-2H3,(H,16,17). The molecule has 1 N–H and O–H groups in total. The van der Waals surface area contributed by atoms with Crippen molar-refractivity contribution in [1.82, 2.24) is 9.66 Å². The van der Waals surface area contributed by atoms with Crippen molar-refractivity contribution >= 4 is 44.7 Å². The van der Waals surface area contributed by atoms with Crippen molar-refractivity contribution in [2.45, 2.75) is 5.16 Å². The van der Waals surface area contributed by atoms with Crippen LogP contribution < -0.4 is 5.01 Å². The van der Waals surface area contributed by atoms with Crippen LogP contribution in [0.5, 0.6) is 0 Å². The second-order valence-corrected chi connectivity index (χ2v) is 5.73. The fourth-order valence-electron chi connectivity index (χ4n) is 1.62. The topological polar surface area (TPSA) is 58.4 Å². The second kappa shape index (κ2) is 5.19. The first-order valence-electron chi connectivity index (χ1n) is 5.19. The van der Waals surface area contributed by atoms with Crippen LogP contribution in [0.25, 0.3) is 11.0 Å². The van der Waals surface area contributed by atoms with Crippen molar-refractivity contribution in [3.63, 3.8) is 0 Å². The number of hydrogen-bond donors (Lipinski definition) is 1. The first-order chi connectivity index (χ1) is 8.49. The van der Waals surface area contributed by atoms with Crippen LogP contribution in [-0.4, -0.2) is 40.6 Å². The molecule has 2 aromatic rings. The number of halogens is 1. The molecule has 0 amide bonds. The number of carboxylic acid groups (broad SMARTS) is 1. The average Bonchev–Trinajstić information content (AvgIpc) is 2.63. The molecule has 0 aliphatic heterocycles. The molecule has 18 heavy (non-hydrogen) atoms. The van der Waals surface area contributed by atoms with Crippen molar-refractivity contribution in [2.24, 2.45) is 0 Å². The lowest BCUT2D eigenvalue weighted by Crippen LogP contribution is -2.25. The maximum atomic E-state index is 10.6. The molecular formula is C11H12BrN3O2S. The number of carbonyl (C=O) groups is 1. The lowest BCUT2D eigenvalue weighted by Gasteiger charge is -2.17. The number of imidazole rings is 1. The Balaban J connectivity index is 2.51. The third-order valence-corrected chi connectivity index (χ3v) is 3.69. The number of rotatable bonds is 4. The minimum absolute atomic E-state index is 0.00166. The van der Waals surface area contributed by atoms with E-state index in [0.717, 1.165) is 15.5 Å². The molecule has 2 rings (SSSR count). The number of carboxylic acids is 1. The van der Waals surface area contributed by atoms with Crippen LogP contribution in [0, 0.1) is 0 Å². The van der Waals surface area contributed by atoms with E-state index in [0.29, 0.717) is 5.16 Å². The molecule has 0 atom stereocenters. The fourth-order valence-corrected chi connectivity index (χ4v) is 2.77. The quantitative estimate of drug-likeness (QED) is 0.871. The van der Waals surface area contributed by atoms with Crippen LogP contribution >= 0.6 is 27.7 Å². The van der Waals surface area contributed by atoms with Gasteiger partial charge >= 0.3 is 5.97 Å². The van der Waals surface area contributed by atoms with Crippen LogP contribution in [0.4, 0.5) is 0 Å². The zero-order chi connectivity index (χ0) is 13.3. The van der Waals surface area contributed by atoms with Gasteiger partial charge in [-0.05, 0) is 18.2 Å². The van der Waals surface area contributed by atoms with Crippen molar-refractivity contribution < 1.29 is 9.90 Å². The predicted molar refractivity (Wildman–Crippen MR) is 75.9 cm³/mol. The number of aliphatic carboxylic acids is 1. The van der Waals surface area contributed by atoms with E-state index in [1.807, 2.05) is 42.0 Å². The highest BCUT2D eigenvalue weighted by Crippen LogP contribution is 2.26. The maximum Gasteiger partial charge on any atom is 0.313 e. The molecule has 1 aromatic heterocycles. The Bertz CT molecular complexity index is 597. The second-order valence-electron chi connectivity index (χ2n) is 3.87. The van der Waals surface area contributed by atoms with Crippen LogP contribution in [0.15, 0.2) is 27.8 Å². The molecule has 0 aliphatic rings. The van der Waals surface area contributed by atoms with E-state index in [4.69, 9.17) is 5.11 Å². The summed E-state index contributed by atoms with van der Waals surface area (Å²) in [6, 6.07) is 5.79. The van der Waals surface area contributed by atoms with E-state index in [9.17, 15) is 4.79 Å². The summed E-state index contributed by atoms with van der Waals surface area (Å²) in [6.07, 6.45) is 0. The minimum atomic E-state index is -0.849. The third kappa shape index (κ3) is 2.62. The largest absolute Gasteiger partial charge is 0.481 e. The van der Waals surface area contributed by atoms with E-state index < -0.39 is 5.97 Å². The Labute approximate surface area is 117 Å². The number of benzene rings is 1. The van der Waals surface area contributed by atoms with Gasteiger partial charge in [0.2, 0.25) is 0 Å². The smallest absolute Gasteiger partial charge is 0.313 e. The Hall–Kier alpha value is -1.21. The highest BCUT2D eigenvalue weighted by molar-refractivity contribution is 9.10. The van der Waals surface area contributed by atoms with E-state index in [1.54, 1.807) is 0 Å². The summed E-state index contributed by atoms with van der Waals surface area (Å²) >= 11 is 4.64. The Morgan fingerprint density at radius 1 is 1.56 bits per heavy atom. The van der Waals surface area contributed by atoms with Crippen molar-refractivity contribution in [1.29, 1.82) is 0 Å². The first kappa shape index (κ1) is 13.2. The Morgan fingerprint density at radius 2 is 2.28 bits per heavy atom. The Kier molecular flexibility index (Phi) is 3.82. The van der Waals surface area contributed by atoms with Crippen molar-refractivity contribution in [2.75, 3.05) is 24.9 Å². The summed E-state index contributed by atoms with van der Waals surface area (Å²) in [6.45, 7) is 0. The van der Waals surface area contributed by atoms with E-state index >= 15 is 0 Å². The molecule has 96 valence electrons. The fraction of sp³-hybridized carbons (Fsp3) is 0.273. The molecule has 1 heterocycles. The molecule has 5 nitrogen and oxygen atoms in total. The van der Waals surface area contributed by atoms with Crippen molar-refractivity contribution in [3.8, 4) is 0 Å². The number of hydrogen-bond acceptors (Lipinski definition) is 4. The summed E-state index contributed by atoms with van der Waals surface area (Å²) in [5.74, 6) is -0.850. The summed E-state index contributed by atoms with van der Waals surface area (Å²) < 4.78 is 2.86. The summed E-state index contributed by atoms with van der Waals surface area (Å²) in [4.78, 5) is 15.1. The molecule has 0 radical (unpaired) electrons. The molecule has 0 fully saturated rings. The highest BCUT2D eigenvalue weighted by atomic mass is 79.9. The van der Waals surface area contributed by atoms with Gasteiger partial charge in [0.05, 0.1) is 16.8 Å². The van der Waals surface area contributed by atoms with E-state index in [-0.39, 0.29) is 5.75 Å². The zero-order valence-electron chi connectivity index (χ0n) is 9.92. The summed E-state index contributed by atoms with van der Waals surface area (Å²) in [7, 11) is 3.79. The van der Waals surface area contributed by atoms with Crippen molar-refractivity contribution in [3.05, 3.63) is 22.7 Å². The van der Waals surface area contributed by atoms with Gasteiger partial charge in [-0.3, -0.25) is 4.79 Å². The average molecular weight is 330 g/mol. The molecule has 0 spiro atoms. The number of fused-ring (bicyclic) bond motifs is 1. The molecular weight excluding hydrogens is 318 g/mol. The van der Waals surface area contributed by atoms with Gasteiger partial charge in [-0.25, -0.2) is 9.66 Å². The third-order valence-electron chi connectivity index (χ3n) is 2.29. The molecule has 0 saturated carbocycles. The van der Waals surface area contributed by atoms with E-state index in [1.165, 1.54) is 11.8 Å². The van der Waals surface area contributed by atoms with Gasteiger partial charge in [0.1, 0.15) is 0 Å². The molecule has 0 bridgehead atoms. The number of nitrogens with zero attached hydrogens (tertiary/aromatic N) is 3.